The molecule has 0 aromatic heterocycles. The second kappa shape index (κ2) is 5.39. The van der Waals surface area contributed by atoms with Gasteiger partial charge in [0.05, 0.1) is 32.9 Å². The molecule has 0 radical (unpaired) electrons. The molecular formula is C12H17F2NO3. The number of hydrogen-bond donors (Lipinski definition) is 1. The van der Waals surface area contributed by atoms with E-state index >= 15 is 0 Å². The summed E-state index contributed by atoms with van der Waals surface area (Å²) >= 11 is 0. The molecular weight excluding hydrogens is 244 g/mol. The first-order chi connectivity index (χ1) is 8.38. The number of halogens is 2. The van der Waals surface area contributed by atoms with Crippen molar-refractivity contribution in [3.63, 3.8) is 0 Å². The van der Waals surface area contributed by atoms with Gasteiger partial charge in [-0.3, -0.25) is 0 Å². The van der Waals surface area contributed by atoms with Crippen molar-refractivity contribution < 1.29 is 23.0 Å². The van der Waals surface area contributed by atoms with Crippen LogP contribution in [0.1, 0.15) is 12.5 Å². The van der Waals surface area contributed by atoms with E-state index in [1.807, 2.05) is 0 Å². The molecule has 0 aliphatic carbocycles. The van der Waals surface area contributed by atoms with Crippen molar-refractivity contribution in [1.82, 2.24) is 0 Å². The minimum Gasteiger partial charge on any atom is -0.496 e. The number of ether oxygens (including phenoxy) is 3. The summed E-state index contributed by atoms with van der Waals surface area (Å²) in [5.41, 5.74) is 4.99. The van der Waals surface area contributed by atoms with E-state index in [4.69, 9.17) is 19.9 Å². The van der Waals surface area contributed by atoms with Gasteiger partial charge in [-0.1, -0.05) is 0 Å². The van der Waals surface area contributed by atoms with E-state index < -0.39 is 12.0 Å². The molecule has 1 aromatic carbocycles. The third-order valence-electron chi connectivity index (χ3n) is 2.64. The van der Waals surface area contributed by atoms with Crippen molar-refractivity contribution in [3.05, 3.63) is 17.7 Å². The maximum Gasteiger partial charge on any atom is 0.291 e. The van der Waals surface area contributed by atoms with Gasteiger partial charge in [0.25, 0.3) is 5.92 Å². The summed E-state index contributed by atoms with van der Waals surface area (Å²) in [5.74, 6) is -2.69. The molecule has 0 aliphatic rings. The number of rotatable bonds is 5. The largest absolute Gasteiger partial charge is 0.496 e. The molecule has 1 rings (SSSR count). The zero-order valence-electron chi connectivity index (χ0n) is 10.8. The lowest BCUT2D eigenvalue weighted by Crippen LogP contribution is -2.36. The van der Waals surface area contributed by atoms with Crippen LogP contribution in [0.25, 0.3) is 0 Å². The van der Waals surface area contributed by atoms with Crippen LogP contribution in [-0.2, 0) is 5.92 Å². The summed E-state index contributed by atoms with van der Waals surface area (Å²) < 4.78 is 42.9. The van der Waals surface area contributed by atoms with Gasteiger partial charge in [0.15, 0.2) is 11.5 Å². The number of methoxy groups -OCH3 is 3. The second-order valence-corrected chi connectivity index (χ2v) is 3.82. The average molecular weight is 261 g/mol. The van der Waals surface area contributed by atoms with Crippen LogP contribution in [0.2, 0.25) is 0 Å². The highest BCUT2D eigenvalue weighted by molar-refractivity contribution is 5.52. The molecule has 1 unspecified atom stereocenters. The molecule has 0 saturated carbocycles. The summed E-state index contributed by atoms with van der Waals surface area (Å²) in [5, 5.41) is 0. The van der Waals surface area contributed by atoms with Crippen molar-refractivity contribution >= 4 is 0 Å². The van der Waals surface area contributed by atoms with E-state index in [0.717, 1.165) is 0 Å². The quantitative estimate of drug-likeness (QED) is 0.882. The van der Waals surface area contributed by atoms with Crippen LogP contribution >= 0.6 is 0 Å². The Morgan fingerprint density at radius 3 is 1.83 bits per heavy atom. The molecule has 1 atom stereocenters. The number of alkyl halides is 2. The van der Waals surface area contributed by atoms with Gasteiger partial charge in [-0.25, -0.2) is 0 Å². The van der Waals surface area contributed by atoms with Crippen LogP contribution in [0.15, 0.2) is 12.1 Å². The van der Waals surface area contributed by atoms with Gasteiger partial charge in [-0.15, -0.1) is 0 Å². The predicted molar refractivity (Wildman–Crippen MR) is 63.6 cm³/mol. The van der Waals surface area contributed by atoms with Gasteiger partial charge < -0.3 is 19.9 Å². The Bertz CT molecular complexity index is 422. The first kappa shape index (κ1) is 14.5. The lowest BCUT2D eigenvalue weighted by atomic mass is 10.0. The molecule has 0 spiro atoms. The third kappa shape index (κ3) is 2.48. The highest BCUT2D eigenvalue weighted by Crippen LogP contribution is 2.43. The van der Waals surface area contributed by atoms with Crippen LogP contribution in [0.3, 0.4) is 0 Å². The second-order valence-electron chi connectivity index (χ2n) is 3.82. The molecule has 0 aliphatic heterocycles. The molecule has 2 N–H and O–H groups in total. The van der Waals surface area contributed by atoms with E-state index in [1.54, 1.807) is 0 Å². The first-order valence-corrected chi connectivity index (χ1v) is 5.32. The third-order valence-corrected chi connectivity index (χ3v) is 2.64. The van der Waals surface area contributed by atoms with Gasteiger partial charge in [0.1, 0.15) is 5.75 Å². The fourth-order valence-electron chi connectivity index (χ4n) is 1.53. The van der Waals surface area contributed by atoms with E-state index in [1.165, 1.54) is 40.4 Å². The summed E-state index contributed by atoms with van der Waals surface area (Å²) in [7, 11) is 4.10. The molecule has 0 saturated heterocycles. The van der Waals surface area contributed by atoms with Gasteiger partial charge in [0, 0.05) is 6.07 Å². The average Bonchev–Trinajstić information content (AvgIpc) is 2.36. The monoisotopic (exact) mass is 261 g/mol. The van der Waals surface area contributed by atoms with E-state index in [-0.39, 0.29) is 17.1 Å². The fourth-order valence-corrected chi connectivity index (χ4v) is 1.53. The Labute approximate surface area is 105 Å². The zero-order chi connectivity index (χ0) is 13.9. The molecule has 1 aromatic rings. The Kier molecular flexibility index (Phi) is 4.34. The van der Waals surface area contributed by atoms with Crippen molar-refractivity contribution in [3.8, 4) is 17.2 Å². The zero-order valence-corrected chi connectivity index (χ0v) is 10.8. The number of nitrogens with two attached hydrogens (primary N) is 1. The summed E-state index contributed by atoms with van der Waals surface area (Å²) in [6.45, 7) is 1.23. The maximum absolute atomic E-state index is 14.0. The fraction of sp³-hybridized carbons (Fsp3) is 0.500. The lowest BCUT2D eigenvalue weighted by Gasteiger charge is -2.24. The SMILES string of the molecule is COc1cc(OC)c(C(F)(F)C(C)N)cc1OC. The van der Waals surface area contributed by atoms with Crippen LogP contribution in [0.4, 0.5) is 8.78 Å². The lowest BCUT2D eigenvalue weighted by molar-refractivity contribution is -0.0278. The molecule has 0 bridgehead atoms. The van der Waals surface area contributed by atoms with Crippen LogP contribution in [0, 0.1) is 0 Å². The van der Waals surface area contributed by atoms with Crippen molar-refractivity contribution in [1.29, 1.82) is 0 Å². The highest BCUT2D eigenvalue weighted by Gasteiger charge is 2.40. The molecule has 18 heavy (non-hydrogen) atoms. The highest BCUT2D eigenvalue weighted by atomic mass is 19.3. The van der Waals surface area contributed by atoms with Crippen LogP contribution in [0.5, 0.6) is 17.2 Å². The summed E-state index contributed by atoms with van der Waals surface area (Å²) in [6, 6.07) is 1.19. The van der Waals surface area contributed by atoms with Crippen molar-refractivity contribution in [2.24, 2.45) is 5.73 Å². The maximum atomic E-state index is 14.0. The Morgan fingerprint density at radius 1 is 1.00 bits per heavy atom. The molecule has 0 heterocycles. The standard InChI is InChI=1S/C12H17F2NO3/c1-7(15)12(13,14)8-5-10(17-3)11(18-4)6-9(8)16-2/h5-7H,15H2,1-4H3. The number of hydrogen-bond acceptors (Lipinski definition) is 4. The molecule has 102 valence electrons. The minimum atomic E-state index is -3.22. The smallest absolute Gasteiger partial charge is 0.291 e. The normalized spacial score (nSPS) is 13.1. The van der Waals surface area contributed by atoms with Crippen molar-refractivity contribution in [2.75, 3.05) is 21.3 Å². The van der Waals surface area contributed by atoms with Crippen LogP contribution < -0.4 is 19.9 Å². The minimum absolute atomic E-state index is 0.00921. The molecule has 0 amide bonds. The van der Waals surface area contributed by atoms with Crippen LogP contribution in [-0.4, -0.2) is 27.4 Å². The first-order valence-electron chi connectivity index (χ1n) is 5.32. The van der Waals surface area contributed by atoms with Gasteiger partial charge in [-0.05, 0) is 13.0 Å². The Hall–Kier alpha value is -1.56. The Balaban J connectivity index is 3.43. The summed E-state index contributed by atoms with van der Waals surface area (Å²) in [6.07, 6.45) is 0. The van der Waals surface area contributed by atoms with Gasteiger partial charge >= 0.3 is 0 Å². The van der Waals surface area contributed by atoms with Crippen molar-refractivity contribution in [2.45, 2.75) is 18.9 Å². The topological polar surface area (TPSA) is 53.7 Å². The predicted octanol–water partition coefficient (Wildman–Crippen LogP) is 2.15. The van der Waals surface area contributed by atoms with E-state index in [0.29, 0.717) is 5.75 Å². The number of benzene rings is 1. The van der Waals surface area contributed by atoms with Gasteiger partial charge in [0.2, 0.25) is 0 Å². The Morgan fingerprint density at radius 2 is 1.44 bits per heavy atom. The van der Waals surface area contributed by atoms with Gasteiger partial charge in [-0.2, -0.15) is 8.78 Å². The van der Waals surface area contributed by atoms with E-state index in [9.17, 15) is 8.78 Å². The van der Waals surface area contributed by atoms with E-state index in [2.05, 4.69) is 0 Å². The molecule has 4 nitrogen and oxygen atoms in total. The molecule has 6 heteroatoms. The summed E-state index contributed by atoms with van der Waals surface area (Å²) in [4.78, 5) is 0. The molecule has 0 fully saturated rings.